The standard InChI is InChI=1S/C17H15ClN2O2S/c1-10-3-5-13(7-11(10)2)19-16(21)9-23-17-20-14-8-12(18)4-6-15(14)22-17/h3-8H,9H2,1-2H3,(H,19,21). The van der Waals surface area contributed by atoms with Crippen molar-refractivity contribution in [3.63, 3.8) is 0 Å². The molecule has 0 unspecified atom stereocenters. The summed E-state index contributed by atoms with van der Waals surface area (Å²) in [6.07, 6.45) is 0. The average Bonchev–Trinajstić information content (AvgIpc) is 2.91. The number of carbonyl (C=O) groups is 1. The number of thioether (sulfide) groups is 1. The molecule has 0 saturated carbocycles. The van der Waals surface area contributed by atoms with Gasteiger partial charge in [-0.15, -0.1) is 0 Å². The van der Waals surface area contributed by atoms with Gasteiger partial charge in [0.05, 0.1) is 5.75 Å². The number of nitrogens with one attached hydrogen (secondary N) is 1. The monoisotopic (exact) mass is 346 g/mol. The van der Waals surface area contributed by atoms with Crippen LogP contribution < -0.4 is 5.32 Å². The molecule has 1 aromatic heterocycles. The van der Waals surface area contributed by atoms with Gasteiger partial charge in [0.1, 0.15) is 5.52 Å². The summed E-state index contributed by atoms with van der Waals surface area (Å²) in [5, 5.41) is 3.94. The topological polar surface area (TPSA) is 55.1 Å². The first-order valence-electron chi connectivity index (χ1n) is 7.07. The van der Waals surface area contributed by atoms with Gasteiger partial charge in [0.15, 0.2) is 5.58 Å². The molecule has 0 fully saturated rings. The first-order chi connectivity index (χ1) is 11.0. The highest BCUT2D eigenvalue weighted by atomic mass is 35.5. The molecular formula is C17H15ClN2O2S. The predicted molar refractivity (Wildman–Crippen MR) is 94.3 cm³/mol. The first kappa shape index (κ1) is 15.9. The van der Waals surface area contributed by atoms with Crippen LogP contribution in [0.1, 0.15) is 11.1 Å². The Kier molecular flexibility index (Phi) is 4.59. The lowest BCUT2D eigenvalue weighted by Crippen LogP contribution is -2.14. The number of rotatable bonds is 4. The molecule has 0 aliphatic heterocycles. The van der Waals surface area contributed by atoms with E-state index in [1.807, 2.05) is 32.0 Å². The second-order valence-corrected chi connectivity index (χ2v) is 6.59. The third-order valence-electron chi connectivity index (χ3n) is 3.45. The maximum absolute atomic E-state index is 12.0. The number of halogens is 1. The van der Waals surface area contributed by atoms with E-state index in [1.165, 1.54) is 17.3 Å². The SMILES string of the molecule is Cc1ccc(NC(=O)CSc2nc3cc(Cl)ccc3o2)cc1C. The summed E-state index contributed by atoms with van der Waals surface area (Å²) in [6, 6.07) is 11.1. The molecule has 0 radical (unpaired) electrons. The van der Waals surface area contributed by atoms with Crippen LogP contribution >= 0.6 is 23.4 Å². The van der Waals surface area contributed by atoms with Gasteiger partial charge in [-0.1, -0.05) is 29.4 Å². The lowest BCUT2D eigenvalue weighted by atomic mass is 10.1. The third kappa shape index (κ3) is 3.86. The molecule has 4 nitrogen and oxygen atoms in total. The van der Waals surface area contributed by atoms with Crippen LogP contribution in [-0.4, -0.2) is 16.6 Å². The van der Waals surface area contributed by atoms with Gasteiger partial charge in [-0.25, -0.2) is 4.98 Å². The van der Waals surface area contributed by atoms with Crippen LogP contribution in [-0.2, 0) is 4.79 Å². The highest BCUT2D eigenvalue weighted by molar-refractivity contribution is 7.99. The smallest absolute Gasteiger partial charge is 0.257 e. The number of anilines is 1. The van der Waals surface area contributed by atoms with E-state index in [4.69, 9.17) is 16.0 Å². The molecule has 0 saturated heterocycles. The van der Waals surface area contributed by atoms with Crippen LogP contribution in [0.15, 0.2) is 46.0 Å². The second-order valence-electron chi connectivity index (χ2n) is 5.23. The van der Waals surface area contributed by atoms with Crippen LogP contribution in [0.2, 0.25) is 5.02 Å². The van der Waals surface area contributed by atoms with Gasteiger partial charge in [0, 0.05) is 10.7 Å². The Bertz CT molecular complexity index is 876. The minimum Gasteiger partial charge on any atom is -0.431 e. The molecule has 118 valence electrons. The summed E-state index contributed by atoms with van der Waals surface area (Å²) in [7, 11) is 0. The Balaban J connectivity index is 1.62. The van der Waals surface area contributed by atoms with E-state index in [9.17, 15) is 4.79 Å². The second kappa shape index (κ2) is 6.64. The van der Waals surface area contributed by atoms with Gasteiger partial charge < -0.3 is 9.73 Å². The molecule has 3 aromatic rings. The Morgan fingerprint density at radius 2 is 2.04 bits per heavy atom. The van der Waals surface area contributed by atoms with Crippen LogP contribution in [0, 0.1) is 13.8 Å². The van der Waals surface area contributed by atoms with Gasteiger partial charge >= 0.3 is 0 Å². The normalized spacial score (nSPS) is 10.9. The molecule has 0 atom stereocenters. The molecule has 0 bridgehead atoms. The summed E-state index contributed by atoms with van der Waals surface area (Å²) in [4.78, 5) is 16.3. The number of carbonyl (C=O) groups excluding carboxylic acids is 1. The minimum absolute atomic E-state index is 0.0986. The highest BCUT2D eigenvalue weighted by Gasteiger charge is 2.10. The van der Waals surface area contributed by atoms with E-state index < -0.39 is 0 Å². The van der Waals surface area contributed by atoms with Crippen LogP contribution in [0.3, 0.4) is 0 Å². The fourth-order valence-corrected chi connectivity index (χ4v) is 2.89. The summed E-state index contributed by atoms with van der Waals surface area (Å²) in [5.41, 5.74) is 4.48. The number of aromatic nitrogens is 1. The lowest BCUT2D eigenvalue weighted by molar-refractivity contribution is -0.113. The molecule has 1 amide bonds. The van der Waals surface area contributed by atoms with Gasteiger partial charge in [0.2, 0.25) is 5.91 Å². The Labute approximate surface area is 143 Å². The van der Waals surface area contributed by atoms with E-state index >= 15 is 0 Å². The number of aryl methyl sites for hydroxylation is 2. The van der Waals surface area contributed by atoms with Crippen molar-refractivity contribution in [2.24, 2.45) is 0 Å². The molecule has 1 N–H and O–H groups in total. The largest absolute Gasteiger partial charge is 0.431 e. The highest BCUT2D eigenvalue weighted by Crippen LogP contribution is 2.25. The van der Waals surface area contributed by atoms with Crippen molar-refractivity contribution in [2.75, 3.05) is 11.1 Å². The maximum atomic E-state index is 12.0. The van der Waals surface area contributed by atoms with Crippen LogP contribution in [0.5, 0.6) is 0 Å². The summed E-state index contributed by atoms with van der Waals surface area (Å²) in [5.74, 6) is 0.131. The minimum atomic E-state index is -0.0986. The van der Waals surface area contributed by atoms with Gasteiger partial charge in [0.25, 0.3) is 5.22 Å². The van der Waals surface area contributed by atoms with Crippen molar-refractivity contribution in [1.29, 1.82) is 0 Å². The van der Waals surface area contributed by atoms with Crippen molar-refractivity contribution in [1.82, 2.24) is 4.98 Å². The van der Waals surface area contributed by atoms with Crippen molar-refractivity contribution < 1.29 is 9.21 Å². The molecule has 1 heterocycles. The maximum Gasteiger partial charge on any atom is 0.257 e. The molecule has 0 aliphatic carbocycles. The van der Waals surface area contributed by atoms with Crippen LogP contribution in [0.25, 0.3) is 11.1 Å². The Morgan fingerprint density at radius 3 is 2.83 bits per heavy atom. The quantitative estimate of drug-likeness (QED) is 0.687. The van der Waals surface area contributed by atoms with Crippen molar-refractivity contribution in [2.45, 2.75) is 19.1 Å². The Hall–Kier alpha value is -1.98. The number of oxazole rings is 1. The van der Waals surface area contributed by atoms with Gasteiger partial charge in [-0.2, -0.15) is 0 Å². The average molecular weight is 347 g/mol. The number of hydrogen-bond donors (Lipinski definition) is 1. The number of amides is 1. The van der Waals surface area contributed by atoms with Gasteiger partial charge in [-0.05, 0) is 55.3 Å². The number of nitrogens with zero attached hydrogens (tertiary/aromatic N) is 1. The zero-order valence-corrected chi connectivity index (χ0v) is 14.3. The van der Waals surface area contributed by atoms with Crippen molar-refractivity contribution >= 4 is 46.1 Å². The van der Waals surface area contributed by atoms with Gasteiger partial charge in [-0.3, -0.25) is 4.79 Å². The third-order valence-corrected chi connectivity index (χ3v) is 4.51. The zero-order chi connectivity index (χ0) is 16.4. The van der Waals surface area contributed by atoms with E-state index in [1.54, 1.807) is 18.2 Å². The van der Waals surface area contributed by atoms with Crippen molar-refractivity contribution in [3.8, 4) is 0 Å². The fourth-order valence-electron chi connectivity index (χ4n) is 2.08. The lowest BCUT2D eigenvalue weighted by Gasteiger charge is -2.06. The molecule has 23 heavy (non-hydrogen) atoms. The van der Waals surface area contributed by atoms with E-state index in [-0.39, 0.29) is 11.7 Å². The molecule has 0 aliphatic rings. The predicted octanol–water partition coefficient (Wildman–Crippen LogP) is 4.83. The fraction of sp³-hybridized carbons (Fsp3) is 0.176. The van der Waals surface area contributed by atoms with E-state index in [0.717, 1.165) is 11.3 Å². The summed E-state index contributed by atoms with van der Waals surface area (Å²) < 4.78 is 5.57. The molecule has 0 spiro atoms. The number of benzene rings is 2. The molecular weight excluding hydrogens is 332 g/mol. The molecule has 3 rings (SSSR count). The number of hydrogen-bond acceptors (Lipinski definition) is 4. The zero-order valence-electron chi connectivity index (χ0n) is 12.7. The Morgan fingerprint density at radius 1 is 1.22 bits per heavy atom. The van der Waals surface area contributed by atoms with E-state index in [2.05, 4.69) is 10.3 Å². The summed E-state index contributed by atoms with van der Waals surface area (Å²) >= 11 is 7.17. The first-order valence-corrected chi connectivity index (χ1v) is 8.43. The summed E-state index contributed by atoms with van der Waals surface area (Å²) in [6.45, 7) is 4.06. The van der Waals surface area contributed by atoms with Crippen molar-refractivity contribution in [3.05, 3.63) is 52.5 Å². The number of fused-ring (bicyclic) bond motifs is 1. The molecule has 6 heteroatoms. The van der Waals surface area contributed by atoms with Crippen LogP contribution in [0.4, 0.5) is 5.69 Å². The van der Waals surface area contributed by atoms with E-state index in [0.29, 0.717) is 21.3 Å². The molecule has 2 aromatic carbocycles.